The van der Waals surface area contributed by atoms with E-state index in [1.807, 2.05) is 19.1 Å². The molecule has 2 N–H and O–H groups in total. The first-order valence-electron chi connectivity index (χ1n) is 10.0. The van der Waals surface area contributed by atoms with Crippen molar-refractivity contribution in [1.82, 2.24) is 5.32 Å². The van der Waals surface area contributed by atoms with Gasteiger partial charge in [0.05, 0.1) is 12.7 Å². The third kappa shape index (κ3) is 4.90. The number of fused-ring (bicyclic) bond motifs is 1. The highest BCUT2D eigenvalue weighted by molar-refractivity contribution is 7.80. The number of thiocarbonyl (C=S) groups is 1. The standard InChI is InChI=1S/C23H28N2O3S2/c1-13-6-8-14(9-7-13)19(26)24-22(29)25-20-18(21(27)28-5)16-11-10-15(23(2,3)4)12-17(16)30-20/h6-9,15H,10-12H2,1-5H3,(H2,24,25,26,29). The average molecular weight is 445 g/mol. The molecule has 3 rings (SSSR count). The van der Waals surface area contributed by atoms with E-state index in [-0.39, 0.29) is 22.4 Å². The van der Waals surface area contributed by atoms with E-state index in [1.165, 1.54) is 23.3 Å². The molecule has 1 atom stereocenters. The first-order valence-corrected chi connectivity index (χ1v) is 11.2. The van der Waals surface area contributed by atoms with E-state index in [0.717, 1.165) is 30.4 Å². The first-order chi connectivity index (χ1) is 14.1. The Labute approximate surface area is 187 Å². The van der Waals surface area contributed by atoms with Crippen LogP contribution in [-0.4, -0.2) is 24.1 Å². The maximum Gasteiger partial charge on any atom is 0.341 e. The second-order valence-electron chi connectivity index (χ2n) is 8.78. The summed E-state index contributed by atoms with van der Waals surface area (Å²) >= 11 is 6.88. The van der Waals surface area contributed by atoms with Crippen molar-refractivity contribution in [2.75, 3.05) is 12.4 Å². The van der Waals surface area contributed by atoms with Gasteiger partial charge in [-0.2, -0.15) is 0 Å². The number of rotatable bonds is 3. The highest BCUT2D eigenvalue weighted by Crippen LogP contribution is 2.44. The smallest absolute Gasteiger partial charge is 0.341 e. The number of carbonyl (C=O) groups excluding carboxylic acids is 2. The third-order valence-electron chi connectivity index (χ3n) is 5.65. The van der Waals surface area contributed by atoms with Crippen molar-refractivity contribution in [2.45, 2.75) is 47.0 Å². The monoisotopic (exact) mass is 444 g/mol. The van der Waals surface area contributed by atoms with Crippen molar-refractivity contribution in [1.29, 1.82) is 0 Å². The van der Waals surface area contributed by atoms with Crippen molar-refractivity contribution in [3.63, 3.8) is 0 Å². The van der Waals surface area contributed by atoms with Crippen LogP contribution in [0.3, 0.4) is 0 Å². The molecule has 1 aliphatic carbocycles. The molecule has 160 valence electrons. The fraction of sp³-hybridized carbons (Fsp3) is 0.435. The lowest BCUT2D eigenvalue weighted by atomic mass is 9.72. The number of hydrogen-bond donors (Lipinski definition) is 2. The van der Waals surface area contributed by atoms with E-state index in [0.29, 0.717) is 22.0 Å². The molecule has 5 nitrogen and oxygen atoms in total. The Hall–Kier alpha value is -2.25. The van der Waals surface area contributed by atoms with E-state index in [1.54, 1.807) is 12.1 Å². The van der Waals surface area contributed by atoms with E-state index in [2.05, 4.69) is 31.4 Å². The summed E-state index contributed by atoms with van der Waals surface area (Å²) in [5, 5.41) is 6.56. The number of thiophene rings is 1. The molecule has 0 radical (unpaired) electrons. The molecular formula is C23H28N2O3S2. The predicted molar refractivity (Wildman–Crippen MR) is 125 cm³/mol. The number of benzene rings is 1. The number of nitrogens with one attached hydrogen (secondary N) is 2. The second-order valence-corrected chi connectivity index (χ2v) is 10.3. The van der Waals surface area contributed by atoms with Gasteiger partial charge in [-0.05, 0) is 67.4 Å². The van der Waals surface area contributed by atoms with Gasteiger partial charge in [-0.1, -0.05) is 38.5 Å². The van der Waals surface area contributed by atoms with Gasteiger partial charge in [-0.15, -0.1) is 11.3 Å². The number of hydrogen-bond acceptors (Lipinski definition) is 5. The molecule has 0 bridgehead atoms. The lowest BCUT2D eigenvalue weighted by molar-refractivity contribution is 0.0600. The van der Waals surface area contributed by atoms with Crippen LogP contribution in [-0.2, 0) is 17.6 Å². The molecule has 1 unspecified atom stereocenters. The van der Waals surface area contributed by atoms with Gasteiger partial charge < -0.3 is 10.1 Å². The van der Waals surface area contributed by atoms with Crippen LogP contribution in [0.1, 0.15) is 63.9 Å². The number of esters is 1. The summed E-state index contributed by atoms with van der Waals surface area (Å²) in [4.78, 5) is 26.2. The molecule has 1 aliphatic rings. The summed E-state index contributed by atoms with van der Waals surface area (Å²) in [5.41, 5.74) is 3.39. The Bertz CT molecular complexity index is 972. The number of carbonyl (C=O) groups is 2. The Kier molecular flexibility index (Phi) is 6.62. The average Bonchev–Trinajstić information content (AvgIpc) is 3.03. The zero-order valence-electron chi connectivity index (χ0n) is 18.0. The molecule has 0 fully saturated rings. The molecule has 1 amide bonds. The molecule has 1 aromatic heterocycles. The molecular weight excluding hydrogens is 416 g/mol. The number of methoxy groups -OCH3 is 1. The number of ether oxygens (including phenoxy) is 1. The predicted octanol–water partition coefficient (Wildman–Crippen LogP) is 5.12. The normalized spacial score (nSPS) is 15.8. The van der Waals surface area contributed by atoms with Gasteiger partial charge in [0.2, 0.25) is 0 Å². The van der Waals surface area contributed by atoms with Gasteiger partial charge in [-0.3, -0.25) is 10.1 Å². The first kappa shape index (κ1) is 22.4. The van der Waals surface area contributed by atoms with E-state index >= 15 is 0 Å². The molecule has 0 saturated carbocycles. The molecule has 2 aromatic rings. The SMILES string of the molecule is COC(=O)c1c(NC(=S)NC(=O)c2ccc(C)cc2)sc2c1CCC(C(C)(C)C)C2. The van der Waals surface area contributed by atoms with Gasteiger partial charge in [0.25, 0.3) is 5.91 Å². The molecule has 0 saturated heterocycles. The minimum atomic E-state index is -0.378. The van der Waals surface area contributed by atoms with Crippen LogP contribution in [0, 0.1) is 18.3 Å². The van der Waals surface area contributed by atoms with E-state index in [4.69, 9.17) is 17.0 Å². The topological polar surface area (TPSA) is 67.4 Å². The Morgan fingerprint density at radius 3 is 2.47 bits per heavy atom. The minimum Gasteiger partial charge on any atom is -0.465 e. The Morgan fingerprint density at radius 2 is 1.87 bits per heavy atom. The Morgan fingerprint density at radius 1 is 1.20 bits per heavy atom. The van der Waals surface area contributed by atoms with Crippen LogP contribution < -0.4 is 10.6 Å². The summed E-state index contributed by atoms with van der Waals surface area (Å²) in [7, 11) is 1.38. The van der Waals surface area contributed by atoms with Crippen LogP contribution in [0.4, 0.5) is 5.00 Å². The van der Waals surface area contributed by atoms with Crippen molar-refractivity contribution in [3.05, 3.63) is 51.4 Å². The summed E-state index contributed by atoms with van der Waals surface area (Å²) in [6.45, 7) is 8.73. The number of aryl methyl sites for hydroxylation is 1. The van der Waals surface area contributed by atoms with Crippen LogP contribution in [0.25, 0.3) is 0 Å². The third-order valence-corrected chi connectivity index (χ3v) is 7.02. The molecule has 30 heavy (non-hydrogen) atoms. The second kappa shape index (κ2) is 8.86. The maximum atomic E-state index is 12.5. The molecule has 0 spiro atoms. The van der Waals surface area contributed by atoms with Crippen LogP contribution in [0.5, 0.6) is 0 Å². The van der Waals surface area contributed by atoms with Gasteiger partial charge in [0.1, 0.15) is 5.00 Å². The fourth-order valence-corrected chi connectivity index (χ4v) is 5.33. The van der Waals surface area contributed by atoms with Crippen molar-refractivity contribution < 1.29 is 14.3 Å². The number of amides is 1. The lowest BCUT2D eigenvalue weighted by Gasteiger charge is -2.33. The van der Waals surface area contributed by atoms with Gasteiger partial charge in [-0.25, -0.2) is 4.79 Å². The lowest BCUT2D eigenvalue weighted by Crippen LogP contribution is -2.34. The minimum absolute atomic E-state index is 0.164. The van der Waals surface area contributed by atoms with Gasteiger partial charge in [0.15, 0.2) is 5.11 Å². The van der Waals surface area contributed by atoms with Crippen LogP contribution >= 0.6 is 23.6 Å². The Balaban J connectivity index is 1.80. The van der Waals surface area contributed by atoms with Gasteiger partial charge in [0, 0.05) is 10.4 Å². The molecule has 7 heteroatoms. The van der Waals surface area contributed by atoms with E-state index < -0.39 is 0 Å². The summed E-state index contributed by atoms with van der Waals surface area (Å²) in [6.07, 6.45) is 2.80. The van der Waals surface area contributed by atoms with Crippen molar-refractivity contribution in [3.8, 4) is 0 Å². The zero-order chi connectivity index (χ0) is 22.1. The maximum absolute atomic E-state index is 12.5. The highest BCUT2D eigenvalue weighted by Gasteiger charge is 2.34. The molecule has 1 heterocycles. The quantitative estimate of drug-likeness (QED) is 0.508. The largest absolute Gasteiger partial charge is 0.465 e. The summed E-state index contributed by atoms with van der Waals surface area (Å²) < 4.78 is 5.04. The highest BCUT2D eigenvalue weighted by atomic mass is 32.1. The molecule has 0 aliphatic heterocycles. The van der Waals surface area contributed by atoms with Crippen LogP contribution in [0.15, 0.2) is 24.3 Å². The van der Waals surface area contributed by atoms with Crippen molar-refractivity contribution in [2.24, 2.45) is 11.3 Å². The van der Waals surface area contributed by atoms with Crippen LogP contribution in [0.2, 0.25) is 0 Å². The summed E-state index contributed by atoms with van der Waals surface area (Å²) in [6, 6.07) is 7.26. The van der Waals surface area contributed by atoms with E-state index in [9.17, 15) is 9.59 Å². The summed E-state index contributed by atoms with van der Waals surface area (Å²) in [5.74, 6) is -0.117. The van der Waals surface area contributed by atoms with Gasteiger partial charge >= 0.3 is 5.97 Å². The molecule has 1 aromatic carbocycles. The van der Waals surface area contributed by atoms with Crippen molar-refractivity contribution >= 4 is 45.5 Å². The zero-order valence-corrected chi connectivity index (χ0v) is 19.7. The number of anilines is 1. The fourth-order valence-electron chi connectivity index (χ4n) is 3.75.